The van der Waals surface area contributed by atoms with Gasteiger partial charge < -0.3 is 19.5 Å². The van der Waals surface area contributed by atoms with E-state index < -0.39 is 23.9 Å². The highest BCUT2D eigenvalue weighted by Crippen LogP contribution is 2.20. The molecule has 1 aromatic rings. The molecule has 0 spiro atoms. The Balaban J connectivity index is 1.93. The predicted molar refractivity (Wildman–Crippen MR) is 71.4 cm³/mol. The molecular formula is C13H21N3O4. The van der Waals surface area contributed by atoms with Crippen LogP contribution in [0.5, 0.6) is 5.75 Å². The molecule has 1 aliphatic rings. The van der Waals surface area contributed by atoms with E-state index in [2.05, 4.69) is 5.10 Å². The van der Waals surface area contributed by atoms with Crippen LogP contribution in [0.25, 0.3) is 0 Å². The highest BCUT2D eigenvalue weighted by molar-refractivity contribution is 5.68. The average Bonchev–Trinajstić information content (AvgIpc) is 2.85. The van der Waals surface area contributed by atoms with Gasteiger partial charge in [0.1, 0.15) is 17.8 Å². The number of amides is 1. The zero-order chi connectivity index (χ0) is 14.9. The minimum absolute atomic E-state index is 0.208. The second-order valence-corrected chi connectivity index (χ2v) is 5.96. The van der Waals surface area contributed by atoms with Gasteiger partial charge in [-0.15, -0.1) is 0 Å². The summed E-state index contributed by atoms with van der Waals surface area (Å²) < 4.78 is 12.5. The summed E-state index contributed by atoms with van der Waals surface area (Å²) in [5, 5.41) is 14.0. The monoisotopic (exact) mass is 283 g/mol. The van der Waals surface area contributed by atoms with Crippen molar-refractivity contribution in [2.24, 2.45) is 7.05 Å². The Hall–Kier alpha value is -1.76. The van der Waals surface area contributed by atoms with Crippen LogP contribution in [-0.2, 0) is 11.8 Å². The lowest BCUT2D eigenvalue weighted by molar-refractivity contribution is 0.0268. The molecule has 2 atom stereocenters. The molecule has 1 aliphatic heterocycles. The summed E-state index contributed by atoms with van der Waals surface area (Å²) in [5.41, 5.74) is -0.551. The van der Waals surface area contributed by atoms with E-state index in [1.807, 2.05) is 0 Å². The van der Waals surface area contributed by atoms with Crippen LogP contribution >= 0.6 is 0 Å². The lowest BCUT2D eigenvalue weighted by Crippen LogP contribution is -2.36. The third kappa shape index (κ3) is 3.63. The number of aryl methyl sites for hydroxylation is 1. The van der Waals surface area contributed by atoms with Crippen molar-refractivity contribution in [1.29, 1.82) is 0 Å². The molecule has 1 fully saturated rings. The number of carbonyl (C=O) groups is 1. The molecule has 7 nitrogen and oxygen atoms in total. The topological polar surface area (TPSA) is 76.8 Å². The van der Waals surface area contributed by atoms with E-state index in [1.165, 1.54) is 4.90 Å². The van der Waals surface area contributed by atoms with Crippen molar-refractivity contribution in [1.82, 2.24) is 14.7 Å². The van der Waals surface area contributed by atoms with E-state index in [9.17, 15) is 9.90 Å². The number of hydrogen-bond acceptors (Lipinski definition) is 5. The van der Waals surface area contributed by atoms with Gasteiger partial charge in [-0.2, -0.15) is 5.10 Å². The highest BCUT2D eigenvalue weighted by atomic mass is 16.6. The molecule has 0 saturated carbocycles. The van der Waals surface area contributed by atoms with Gasteiger partial charge in [0.15, 0.2) is 5.75 Å². The molecule has 0 aliphatic carbocycles. The smallest absolute Gasteiger partial charge is 0.410 e. The van der Waals surface area contributed by atoms with Crippen molar-refractivity contribution in [3.8, 4) is 5.75 Å². The third-order valence-electron chi connectivity index (χ3n) is 2.86. The van der Waals surface area contributed by atoms with Gasteiger partial charge in [-0.1, -0.05) is 0 Å². The second kappa shape index (κ2) is 5.32. The molecule has 0 aromatic carbocycles. The summed E-state index contributed by atoms with van der Waals surface area (Å²) in [6.45, 7) is 5.92. The molecule has 1 saturated heterocycles. The molecule has 0 radical (unpaired) electrons. The van der Waals surface area contributed by atoms with E-state index >= 15 is 0 Å². The Morgan fingerprint density at radius 3 is 2.70 bits per heavy atom. The molecule has 2 rings (SSSR count). The van der Waals surface area contributed by atoms with E-state index in [0.29, 0.717) is 12.3 Å². The summed E-state index contributed by atoms with van der Waals surface area (Å²) in [6, 6.07) is 0. The van der Waals surface area contributed by atoms with Crippen molar-refractivity contribution in [3.05, 3.63) is 12.4 Å². The lowest BCUT2D eigenvalue weighted by Gasteiger charge is -2.24. The van der Waals surface area contributed by atoms with E-state index in [-0.39, 0.29) is 6.54 Å². The second-order valence-electron chi connectivity index (χ2n) is 5.96. The Kier molecular flexibility index (Phi) is 3.89. The summed E-state index contributed by atoms with van der Waals surface area (Å²) in [6.07, 6.45) is 1.65. The fourth-order valence-corrected chi connectivity index (χ4v) is 1.98. The molecule has 112 valence electrons. The van der Waals surface area contributed by atoms with E-state index in [1.54, 1.807) is 44.9 Å². The molecule has 20 heavy (non-hydrogen) atoms. The van der Waals surface area contributed by atoms with Crippen molar-refractivity contribution >= 4 is 6.09 Å². The SMILES string of the molecule is Cn1cc(O[C@@H]2CN(C(=O)OC(C)(C)C)C[C@H]2O)cn1. The Bertz CT molecular complexity index is 480. The number of likely N-dealkylation sites (tertiary alicyclic amines) is 1. The molecule has 0 bridgehead atoms. The molecule has 7 heteroatoms. The summed E-state index contributed by atoms with van der Waals surface area (Å²) in [4.78, 5) is 13.4. The Morgan fingerprint density at radius 2 is 2.15 bits per heavy atom. The van der Waals surface area contributed by atoms with Crippen molar-refractivity contribution < 1.29 is 19.4 Å². The van der Waals surface area contributed by atoms with E-state index in [0.717, 1.165) is 0 Å². The number of β-amino-alcohol motifs (C(OH)–C–C–N with tert-alkyl or cyclic N) is 1. The fraction of sp³-hybridized carbons (Fsp3) is 0.692. The van der Waals surface area contributed by atoms with Crippen LogP contribution in [-0.4, -0.2) is 56.8 Å². The average molecular weight is 283 g/mol. The number of aliphatic hydroxyl groups is 1. The number of rotatable bonds is 2. The van der Waals surface area contributed by atoms with Crippen molar-refractivity contribution in [2.75, 3.05) is 13.1 Å². The van der Waals surface area contributed by atoms with Gasteiger partial charge in [-0.05, 0) is 20.8 Å². The third-order valence-corrected chi connectivity index (χ3v) is 2.86. The van der Waals surface area contributed by atoms with Crippen LogP contribution in [0.4, 0.5) is 4.79 Å². The highest BCUT2D eigenvalue weighted by Gasteiger charge is 2.37. The van der Waals surface area contributed by atoms with Gasteiger partial charge in [0.2, 0.25) is 0 Å². The molecule has 2 heterocycles. The molecular weight excluding hydrogens is 262 g/mol. The first-order chi connectivity index (χ1) is 9.24. The van der Waals surface area contributed by atoms with Crippen molar-refractivity contribution in [2.45, 2.75) is 38.6 Å². The van der Waals surface area contributed by atoms with Crippen LogP contribution in [0.3, 0.4) is 0 Å². The molecule has 1 amide bonds. The maximum atomic E-state index is 11.9. The standard InChI is InChI=1S/C13H21N3O4/c1-13(2,3)20-12(18)16-7-10(17)11(8-16)19-9-5-14-15(4)6-9/h5-6,10-11,17H,7-8H2,1-4H3/t10-,11-/m1/s1. The van der Waals surface area contributed by atoms with Gasteiger partial charge in [0.25, 0.3) is 0 Å². The molecule has 1 aromatic heterocycles. The zero-order valence-corrected chi connectivity index (χ0v) is 12.2. The Labute approximate surface area is 118 Å². The fourth-order valence-electron chi connectivity index (χ4n) is 1.98. The van der Waals surface area contributed by atoms with Gasteiger partial charge in [-0.25, -0.2) is 4.79 Å². The summed E-state index contributed by atoms with van der Waals surface area (Å²) >= 11 is 0. The van der Waals surface area contributed by atoms with Crippen LogP contribution < -0.4 is 4.74 Å². The van der Waals surface area contributed by atoms with Crippen LogP contribution in [0.15, 0.2) is 12.4 Å². The lowest BCUT2D eigenvalue weighted by atomic mass is 10.2. The number of carbonyl (C=O) groups excluding carboxylic acids is 1. The first kappa shape index (κ1) is 14.6. The number of ether oxygens (including phenoxy) is 2. The van der Waals surface area contributed by atoms with Gasteiger partial charge in [0, 0.05) is 7.05 Å². The van der Waals surface area contributed by atoms with Gasteiger partial charge in [0.05, 0.1) is 25.5 Å². The first-order valence-corrected chi connectivity index (χ1v) is 6.56. The predicted octanol–water partition coefficient (Wildman–Crippen LogP) is 0.779. The zero-order valence-electron chi connectivity index (χ0n) is 12.2. The van der Waals surface area contributed by atoms with Gasteiger partial charge in [-0.3, -0.25) is 4.68 Å². The first-order valence-electron chi connectivity index (χ1n) is 6.56. The maximum absolute atomic E-state index is 11.9. The normalized spacial score (nSPS) is 22.9. The van der Waals surface area contributed by atoms with Crippen LogP contribution in [0.1, 0.15) is 20.8 Å². The number of aliphatic hydroxyl groups excluding tert-OH is 1. The maximum Gasteiger partial charge on any atom is 0.410 e. The molecule has 0 unspecified atom stereocenters. The minimum Gasteiger partial charge on any atom is -0.482 e. The van der Waals surface area contributed by atoms with Crippen LogP contribution in [0, 0.1) is 0 Å². The van der Waals surface area contributed by atoms with Crippen molar-refractivity contribution in [3.63, 3.8) is 0 Å². The van der Waals surface area contributed by atoms with Crippen LogP contribution in [0.2, 0.25) is 0 Å². The van der Waals surface area contributed by atoms with E-state index in [4.69, 9.17) is 9.47 Å². The summed E-state index contributed by atoms with van der Waals surface area (Å²) in [5.74, 6) is 0.572. The molecule has 1 N–H and O–H groups in total. The number of nitrogens with zero attached hydrogens (tertiary/aromatic N) is 3. The largest absolute Gasteiger partial charge is 0.482 e. The number of hydrogen-bond donors (Lipinski definition) is 1. The minimum atomic E-state index is -0.734. The number of aromatic nitrogens is 2. The quantitative estimate of drug-likeness (QED) is 0.868. The Morgan fingerprint density at radius 1 is 1.45 bits per heavy atom. The van der Waals surface area contributed by atoms with Gasteiger partial charge >= 0.3 is 6.09 Å². The summed E-state index contributed by atoms with van der Waals surface area (Å²) in [7, 11) is 1.78.